The van der Waals surface area contributed by atoms with Crippen molar-refractivity contribution in [2.75, 3.05) is 33.4 Å². The van der Waals surface area contributed by atoms with Gasteiger partial charge in [0, 0.05) is 13.1 Å². The van der Waals surface area contributed by atoms with E-state index < -0.39 is 16.1 Å². The molecule has 1 atom stereocenters. The maximum absolute atomic E-state index is 13.0. The van der Waals surface area contributed by atoms with Crippen molar-refractivity contribution in [3.05, 3.63) is 48.0 Å². The summed E-state index contributed by atoms with van der Waals surface area (Å²) in [6.07, 6.45) is 2.52. The minimum atomic E-state index is -3.86. The first kappa shape index (κ1) is 21.5. The Morgan fingerprint density at radius 3 is 2.61 bits per heavy atom. The zero-order valence-electron chi connectivity index (χ0n) is 17.4. The monoisotopic (exact) mass is 446 g/mol. The molecule has 31 heavy (non-hydrogen) atoms. The first-order chi connectivity index (χ1) is 15.0. The van der Waals surface area contributed by atoms with E-state index in [1.54, 1.807) is 17.0 Å². The lowest BCUT2D eigenvalue weighted by Gasteiger charge is -2.27. The second kappa shape index (κ2) is 9.15. The quantitative estimate of drug-likeness (QED) is 0.733. The van der Waals surface area contributed by atoms with Crippen LogP contribution in [0.1, 0.15) is 29.6 Å². The van der Waals surface area contributed by atoms with Gasteiger partial charge in [-0.2, -0.15) is 0 Å². The van der Waals surface area contributed by atoms with Crippen molar-refractivity contribution < 1.29 is 27.4 Å². The molecule has 1 amide bonds. The van der Waals surface area contributed by atoms with E-state index in [4.69, 9.17) is 14.2 Å². The maximum Gasteiger partial charge on any atom is 0.257 e. The van der Waals surface area contributed by atoms with Crippen molar-refractivity contribution >= 4 is 15.9 Å². The summed E-state index contributed by atoms with van der Waals surface area (Å²) in [5, 5.41) is 0. The Labute approximate surface area is 182 Å². The summed E-state index contributed by atoms with van der Waals surface area (Å²) < 4.78 is 45.1. The number of carbonyl (C=O) groups is 1. The summed E-state index contributed by atoms with van der Waals surface area (Å²) in [4.78, 5) is 14.7. The number of methoxy groups -OCH3 is 1. The molecule has 0 aromatic heterocycles. The van der Waals surface area contributed by atoms with Crippen molar-refractivity contribution in [2.45, 2.75) is 30.3 Å². The summed E-state index contributed by atoms with van der Waals surface area (Å²) in [6, 6.07) is 11.6. The molecule has 4 rings (SSSR count). The number of hydrogen-bond acceptors (Lipinski definition) is 6. The Balaban J connectivity index is 1.48. The van der Waals surface area contributed by atoms with Gasteiger partial charge >= 0.3 is 0 Å². The van der Waals surface area contributed by atoms with E-state index in [1.165, 1.54) is 25.3 Å². The van der Waals surface area contributed by atoms with Crippen molar-refractivity contribution in [2.24, 2.45) is 0 Å². The number of rotatable bonds is 6. The summed E-state index contributed by atoms with van der Waals surface area (Å²) in [5.74, 6) is 1.36. The van der Waals surface area contributed by atoms with E-state index >= 15 is 0 Å². The first-order valence-corrected chi connectivity index (χ1v) is 11.8. The Kier molecular flexibility index (Phi) is 6.33. The first-order valence-electron chi connectivity index (χ1n) is 10.3. The molecular weight excluding hydrogens is 420 g/mol. The molecule has 1 N–H and O–H groups in total. The van der Waals surface area contributed by atoms with Crippen LogP contribution >= 0.6 is 0 Å². The zero-order chi connectivity index (χ0) is 21.8. The molecule has 2 heterocycles. The van der Waals surface area contributed by atoms with E-state index in [2.05, 4.69) is 4.72 Å². The Morgan fingerprint density at radius 1 is 1.13 bits per heavy atom. The highest BCUT2D eigenvalue weighted by Crippen LogP contribution is 2.31. The van der Waals surface area contributed by atoms with Crippen LogP contribution in [0.3, 0.4) is 0 Å². The molecule has 2 aromatic carbocycles. The maximum atomic E-state index is 13.0. The third-order valence-corrected chi connectivity index (χ3v) is 6.84. The number of fused-ring (bicyclic) bond motifs is 1. The standard InChI is InChI=1S/C22H26N2O6S/c1-28-19-10-9-17(13-18(19)22(25)24-11-5-2-6-12-24)31(26,27)23-14-16-15-29-20-7-3-4-8-21(20)30-16/h3-4,7-10,13,16,23H,2,5-6,11-12,14-15H2,1H3/t16-/m0/s1. The van der Waals surface area contributed by atoms with Crippen LogP contribution in [0.5, 0.6) is 17.2 Å². The number of benzene rings is 2. The van der Waals surface area contributed by atoms with Crippen LogP contribution in [0.15, 0.2) is 47.4 Å². The van der Waals surface area contributed by atoms with E-state index in [0.717, 1.165) is 19.3 Å². The van der Waals surface area contributed by atoms with Gasteiger partial charge in [-0.3, -0.25) is 4.79 Å². The predicted octanol–water partition coefficient (Wildman–Crippen LogP) is 2.44. The molecule has 9 heteroatoms. The van der Waals surface area contributed by atoms with Crippen LogP contribution in [0.2, 0.25) is 0 Å². The van der Waals surface area contributed by atoms with Crippen LogP contribution < -0.4 is 18.9 Å². The largest absolute Gasteiger partial charge is 0.496 e. The highest BCUT2D eigenvalue weighted by molar-refractivity contribution is 7.89. The normalized spacial score (nSPS) is 18.5. The lowest BCUT2D eigenvalue weighted by atomic mass is 10.1. The summed E-state index contributed by atoms with van der Waals surface area (Å²) in [7, 11) is -2.40. The average molecular weight is 447 g/mol. The SMILES string of the molecule is COc1ccc(S(=O)(=O)NC[C@H]2COc3ccccc3O2)cc1C(=O)N1CCCCC1. The average Bonchev–Trinajstić information content (AvgIpc) is 2.82. The van der Waals surface area contributed by atoms with Gasteiger partial charge in [-0.25, -0.2) is 13.1 Å². The summed E-state index contributed by atoms with van der Waals surface area (Å²) in [5.41, 5.74) is 0.249. The number of ether oxygens (including phenoxy) is 3. The van der Waals surface area contributed by atoms with Crippen molar-refractivity contribution in [1.82, 2.24) is 9.62 Å². The van der Waals surface area contributed by atoms with Crippen molar-refractivity contribution in [3.63, 3.8) is 0 Å². The van der Waals surface area contributed by atoms with Gasteiger partial charge in [-0.05, 0) is 49.6 Å². The molecule has 0 spiro atoms. The highest BCUT2D eigenvalue weighted by Gasteiger charge is 2.26. The van der Waals surface area contributed by atoms with E-state index in [0.29, 0.717) is 30.3 Å². The second-order valence-electron chi connectivity index (χ2n) is 7.56. The molecule has 0 radical (unpaired) electrons. The summed E-state index contributed by atoms with van der Waals surface area (Å²) in [6.45, 7) is 1.61. The third-order valence-electron chi connectivity index (χ3n) is 5.42. The zero-order valence-corrected chi connectivity index (χ0v) is 18.2. The number of nitrogens with one attached hydrogen (secondary N) is 1. The minimum absolute atomic E-state index is 0.00536. The fourth-order valence-corrected chi connectivity index (χ4v) is 4.83. The second-order valence-corrected chi connectivity index (χ2v) is 9.33. The van der Waals surface area contributed by atoms with Gasteiger partial charge in [0.15, 0.2) is 11.5 Å². The van der Waals surface area contributed by atoms with Crippen LogP contribution in [0, 0.1) is 0 Å². The van der Waals surface area contributed by atoms with Crippen molar-refractivity contribution in [1.29, 1.82) is 0 Å². The Hall–Kier alpha value is -2.78. The van der Waals surface area contributed by atoms with Gasteiger partial charge < -0.3 is 19.1 Å². The van der Waals surface area contributed by atoms with Crippen LogP contribution in [0.25, 0.3) is 0 Å². The van der Waals surface area contributed by atoms with Gasteiger partial charge in [0.05, 0.1) is 24.1 Å². The number of amides is 1. The molecule has 0 saturated carbocycles. The van der Waals surface area contributed by atoms with E-state index in [9.17, 15) is 13.2 Å². The minimum Gasteiger partial charge on any atom is -0.496 e. The Bertz CT molecular complexity index is 1050. The number of likely N-dealkylation sites (tertiary alicyclic amines) is 1. The number of nitrogens with zero attached hydrogens (tertiary/aromatic N) is 1. The number of hydrogen-bond donors (Lipinski definition) is 1. The van der Waals surface area contributed by atoms with Gasteiger partial charge in [-0.1, -0.05) is 12.1 Å². The fourth-order valence-electron chi connectivity index (χ4n) is 3.74. The molecular formula is C22H26N2O6S. The van der Waals surface area contributed by atoms with Crippen LogP contribution in [0.4, 0.5) is 0 Å². The number of piperidine rings is 1. The number of sulfonamides is 1. The number of carbonyl (C=O) groups excluding carboxylic acids is 1. The molecule has 1 saturated heterocycles. The molecule has 0 unspecified atom stereocenters. The van der Waals surface area contributed by atoms with Gasteiger partial charge in [-0.15, -0.1) is 0 Å². The molecule has 2 aliphatic heterocycles. The van der Waals surface area contributed by atoms with Gasteiger partial charge in [0.2, 0.25) is 10.0 Å². The van der Waals surface area contributed by atoms with Gasteiger partial charge in [0.25, 0.3) is 5.91 Å². The highest BCUT2D eigenvalue weighted by atomic mass is 32.2. The van der Waals surface area contributed by atoms with E-state index in [1.807, 2.05) is 12.1 Å². The van der Waals surface area contributed by atoms with E-state index in [-0.39, 0.29) is 29.5 Å². The molecule has 1 fully saturated rings. The smallest absolute Gasteiger partial charge is 0.257 e. The fraction of sp³-hybridized carbons (Fsp3) is 0.409. The number of para-hydroxylation sites is 2. The molecule has 0 bridgehead atoms. The van der Waals surface area contributed by atoms with Crippen LogP contribution in [-0.4, -0.2) is 58.7 Å². The molecule has 0 aliphatic carbocycles. The lowest BCUT2D eigenvalue weighted by molar-refractivity contribution is 0.0720. The predicted molar refractivity (Wildman–Crippen MR) is 114 cm³/mol. The van der Waals surface area contributed by atoms with Crippen molar-refractivity contribution in [3.8, 4) is 17.2 Å². The molecule has 2 aromatic rings. The van der Waals surface area contributed by atoms with Gasteiger partial charge in [0.1, 0.15) is 18.5 Å². The lowest BCUT2D eigenvalue weighted by Crippen LogP contribution is -2.40. The summed E-state index contributed by atoms with van der Waals surface area (Å²) >= 11 is 0. The third kappa shape index (κ3) is 4.77. The molecule has 8 nitrogen and oxygen atoms in total. The topological polar surface area (TPSA) is 94.2 Å². The molecule has 166 valence electrons. The Morgan fingerprint density at radius 2 is 1.87 bits per heavy atom. The molecule has 2 aliphatic rings. The van der Waals surface area contributed by atoms with Crippen LogP contribution in [-0.2, 0) is 10.0 Å².